The molecule has 88 valence electrons. The van der Waals surface area contributed by atoms with Gasteiger partial charge in [0, 0.05) is 19.3 Å². The molecule has 1 aromatic carbocycles. The van der Waals surface area contributed by atoms with Crippen molar-refractivity contribution in [3.05, 3.63) is 29.8 Å². The van der Waals surface area contributed by atoms with Crippen LogP contribution < -0.4 is 10.5 Å². The van der Waals surface area contributed by atoms with Crippen LogP contribution in [0.25, 0.3) is 0 Å². The number of methoxy groups -OCH3 is 1. The fourth-order valence-electron chi connectivity index (χ4n) is 1.28. The minimum Gasteiger partial charge on any atom is -0.494 e. The summed E-state index contributed by atoms with van der Waals surface area (Å²) in [7, 11) is 1.70. The molecule has 0 fully saturated rings. The van der Waals surface area contributed by atoms with Crippen molar-refractivity contribution >= 4 is 17.2 Å². The molecule has 2 N–H and O–H groups in total. The lowest BCUT2D eigenvalue weighted by Crippen LogP contribution is -2.09. The first kappa shape index (κ1) is 12.9. The first-order valence-corrected chi connectivity index (χ1v) is 5.66. The van der Waals surface area contributed by atoms with Gasteiger partial charge in [0.25, 0.3) is 0 Å². The molecule has 0 aliphatic heterocycles. The van der Waals surface area contributed by atoms with Crippen LogP contribution in [0.4, 0.5) is 0 Å². The summed E-state index contributed by atoms with van der Waals surface area (Å²) in [6.45, 7) is 1.46. The van der Waals surface area contributed by atoms with Gasteiger partial charge in [-0.3, -0.25) is 0 Å². The van der Waals surface area contributed by atoms with Crippen molar-refractivity contribution in [2.24, 2.45) is 5.73 Å². The summed E-state index contributed by atoms with van der Waals surface area (Å²) in [6, 6.07) is 7.52. The van der Waals surface area contributed by atoms with Crippen molar-refractivity contribution in [1.82, 2.24) is 0 Å². The molecule has 0 aliphatic carbocycles. The van der Waals surface area contributed by atoms with Gasteiger partial charge in [0.1, 0.15) is 10.7 Å². The van der Waals surface area contributed by atoms with Crippen LogP contribution >= 0.6 is 12.2 Å². The Balaban J connectivity index is 2.36. The number of hydrogen-bond acceptors (Lipinski definition) is 3. The second kappa shape index (κ2) is 7.19. The molecule has 0 saturated carbocycles. The van der Waals surface area contributed by atoms with E-state index in [-0.39, 0.29) is 0 Å². The van der Waals surface area contributed by atoms with Crippen LogP contribution in [-0.2, 0) is 4.74 Å². The molecule has 1 aromatic rings. The van der Waals surface area contributed by atoms with Crippen LogP contribution in [0, 0.1) is 0 Å². The van der Waals surface area contributed by atoms with Crippen molar-refractivity contribution in [3.8, 4) is 5.75 Å². The summed E-state index contributed by atoms with van der Waals surface area (Å²) in [6.07, 6.45) is 1.98. The molecular formula is C12H17NO2S. The highest BCUT2D eigenvalue weighted by atomic mass is 32.1. The van der Waals surface area contributed by atoms with E-state index in [0.29, 0.717) is 11.6 Å². The summed E-state index contributed by atoms with van der Waals surface area (Å²) >= 11 is 4.90. The Labute approximate surface area is 102 Å². The first-order valence-electron chi connectivity index (χ1n) is 5.25. The summed E-state index contributed by atoms with van der Waals surface area (Å²) in [5.74, 6) is 0.808. The van der Waals surface area contributed by atoms with Gasteiger partial charge < -0.3 is 15.2 Å². The maximum Gasteiger partial charge on any atom is 0.119 e. The topological polar surface area (TPSA) is 44.5 Å². The fraction of sp³-hybridized carbons (Fsp3) is 0.417. The van der Waals surface area contributed by atoms with Gasteiger partial charge in [-0.05, 0) is 25.0 Å². The molecular weight excluding hydrogens is 222 g/mol. The predicted molar refractivity (Wildman–Crippen MR) is 68.9 cm³/mol. The lowest BCUT2D eigenvalue weighted by Gasteiger charge is -2.07. The van der Waals surface area contributed by atoms with E-state index >= 15 is 0 Å². The molecule has 0 radical (unpaired) electrons. The summed E-state index contributed by atoms with van der Waals surface area (Å²) < 4.78 is 10.5. The molecule has 0 aliphatic rings. The van der Waals surface area contributed by atoms with Crippen molar-refractivity contribution in [3.63, 3.8) is 0 Å². The second-order valence-corrected chi connectivity index (χ2v) is 3.88. The van der Waals surface area contributed by atoms with Gasteiger partial charge in [0.2, 0.25) is 0 Å². The van der Waals surface area contributed by atoms with Crippen LogP contribution in [0.1, 0.15) is 18.4 Å². The zero-order chi connectivity index (χ0) is 11.8. The average Bonchev–Trinajstić information content (AvgIpc) is 2.29. The zero-order valence-corrected chi connectivity index (χ0v) is 10.3. The Kier molecular flexibility index (Phi) is 5.82. The van der Waals surface area contributed by atoms with E-state index in [1.807, 2.05) is 24.3 Å². The fourth-order valence-corrected chi connectivity index (χ4v) is 1.40. The van der Waals surface area contributed by atoms with Crippen LogP contribution in [0.3, 0.4) is 0 Å². The summed E-state index contributed by atoms with van der Waals surface area (Å²) in [4.78, 5) is 0.393. The summed E-state index contributed by atoms with van der Waals surface area (Å²) in [5, 5.41) is 0. The van der Waals surface area contributed by atoms with Crippen molar-refractivity contribution in [2.75, 3.05) is 20.3 Å². The molecule has 0 atom stereocenters. The SMILES string of the molecule is COCCCCOc1cccc(C(N)=S)c1. The van der Waals surface area contributed by atoms with Gasteiger partial charge >= 0.3 is 0 Å². The zero-order valence-electron chi connectivity index (χ0n) is 9.44. The minimum absolute atomic E-state index is 0.393. The molecule has 16 heavy (non-hydrogen) atoms. The predicted octanol–water partition coefficient (Wildman–Crippen LogP) is 2.13. The Morgan fingerprint density at radius 1 is 1.31 bits per heavy atom. The number of thiocarbonyl (C=S) groups is 1. The van der Waals surface area contributed by atoms with E-state index in [1.54, 1.807) is 7.11 Å². The van der Waals surface area contributed by atoms with Gasteiger partial charge in [0.05, 0.1) is 6.61 Å². The second-order valence-electron chi connectivity index (χ2n) is 3.44. The molecule has 4 heteroatoms. The van der Waals surface area contributed by atoms with E-state index in [2.05, 4.69) is 0 Å². The number of hydrogen-bond donors (Lipinski definition) is 1. The van der Waals surface area contributed by atoms with Crippen molar-refractivity contribution in [2.45, 2.75) is 12.8 Å². The average molecular weight is 239 g/mol. The molecule has 3 nitrogen and oxygen atoms in total. The van der Waals surface area contributed by atoms with E-state index in [9.17, 15) is 0 Å². The van der Waals surface area contributed by atoms with E-state index in [0.717, 1.165) is 30.8 Å². The first-order chi connectivity index (χ1) is 7.74. The van der Waals surface area contributed by atoms with Crippen LogP contribution in [0.2, 0.25) is 0 Å². The Bertz CT molecular complexity index is 342. The maximum atomic E-state index is 5.57. The highest BCUT2D eigenvalue weighted by molar-refractivity contribution is 7.80. The standard InChI is InChI=1S/C12H17NO2S/c1-14-7-2-3-8-15-11-6-4-5-10(9-11)12(13)16/h4-6,9H,2-3,7-8H2,1H3,(H2,13,16). The number of unbranched alkanes of at least 4 members (excludes halogenated alkanes) is 1. The maximum absolute atomic E-state index is 5.57. The van der Waals surface area contributed by atoms with Gasteiger partial charge in [-0.2, -0.15) is 0 Å². The normalized spacial score (nSPS) is 10.1. The molecule has 0 bridgehead atoms. The van der Waals surface area contributed by atoms with Crippen LogP contribution in [0.15, 0.2) is 24.3 Å². The molecule has 0 amide bonds. The largest absolute Gasteiger partial charge is 0.494 e. The number of ether oxygens (including phenoxy) is 2. The van der Waals surface area contributed by atoms with E-state index in [4.69, 9.17) is 27.4 Å². The summed E-state index contributed by atoms with van der Waals surface area (Å²) in [5.41, 5.74) is 6.37. The number of rotatable bonds is 7. The Hall–Kier alpha value is -1.13. The highest BCUT2D eigenvalue weighted by Gasteiger charge is 1.98. The van der Waals surface area contributed by atoms with Crippen molar-refractivity contribution in [1.29, 1.82) is 0 Å². The van der Waals surface area contributed by atoms with E-state index in [1.165, 1.54) is 0 Å². The monoisotopic (exact) mass is 239 g/mol. The van der Waals surface area contributed by atoms with Crippen molar-refractivity contribution < 1.29 is 9.47 Å². The minimum atomic E-state index is 0.393. The molecule has 1 rings (SSSR count). The van der Waals surface area contributed by atoms with E-state index < -0.39 is 0 Å². The van der Waals surface area contributed by atoms with Gasteiger partial charge in [0.15, 0.2) is 0 Å². The molecule has 0 unspecified atom stereocenters. The third kappa shape index (κ3) is 4.59. The van der Waals surface area contributed by atoms with Gasteiger partial charge in [-0.1, -0.05) is 24.4 Å². The third-order valence-corrected chi connectivity index (χ3v) is 2.37. The third-order valence-electron chi connectivity index (χ3n) is 2.13. The lowest BCUT2D eigenvalue weighted by molar-refractivity contribution is 0.184. The smallest absolute Gasteiger partial charge is 0.119 e. The quantitative estimate of drug-likeness (QED) is 0.585. The number of nitrogens with two attached hydrogens (primary N) is 1. The Morgan fingerprint density at radius 3 is 2.75 bits per heavy atom. The molecule has 0 heterocycles. The van der Waals surface area contributed by atoms with Crippen LogP contribution in [-0.4, -0.2) is 25.3 Å². The lowest BCUT2D eigenvalue weighted by atomic mass is 10.2. The number of benzene rings is 1. The molecule has 0 spiro atoms. The molecule has 0 aromatic heterocycles. The Morgan fingerprint density at radius 2 is 2.06 bits per heavy atom. The van der Waals surface area contributed by atoms with Gasteiger partial charge in [-0.15, -0.1) is 0 Å². The highest BCUT2D eigenvalue weighted by Crippen LogP contribution is 2.13. The molecule has 0 saturated heterocycles. The van der Waals surface area contributed by atoms with Gasteiger partial charge in [-0.25, -0.2) is 0 Å². The van der Waals surface area contributed by atoms with Crippen LogP contribution in [0.5, 0.6) is 5.75 Å².